The maximum Gasteiger partial charge on any atom is 0.256 e. The van der Waals surface area contributed by atoms with Crippen molar-refractivity contribution in [3.8, 4) is 0 Å². The minimum absolute atomic E-state index is 0.206. The summed E-state index contributed by atoms with van der Waals surface area (Å²) in [5, 5.41) is 4.57. The standard InChI is InChI=1S/C16H16FNOS/c1-10-6-7-11-12(9-20-15(11)8-10)16(19)18-14-5-3-2-4-13(14)17/h2-5,9-10H,6-8H2,1H3,(H,18,19)/t10-/m0/s1. The van der Waals surface area contributed by atoms with Gasteiger partial charge in [0.15, 0.2) is 0 Å². The van der Waals surface area contributed by atoms with Crippen molar-refractivity contribution < 1.29 is 9.18 Å². The summed E-state index contributed by atoms with van der Waals surface area (Å²) >= 11 is 1.64. The van der Waals surface area contributed by atoms with Gasteiger partial charge < -0.3 is 5.32 Å². The lowest BCUT2D eigenvalue weighted by Crippen LogP contribution is -2.17. The largest absolute Gasteiger partial charge is 0.319 e. The monoisotopic (exact) mass is 289 g/mol. The Labute approximate surface area is 121 Å². The van der Waals surface area contributed by atoms with Gasteiger partial charge in [-0.15, -0.1) is 11.3 Å². The van der Waals surface area contributed by atoms with Crippen LogP contribution in [0.3, 0.4) is 0 Å². The lowest BCUT2D eigenvalue weighted by Gasteiger charge is -2.18. The molecule has 1 amide bonds. The number of fused-ring (bicyclic) bond motifs is 1. The summed E-state index contributed by atoms with van der Waals surface area (Å²) in [5.41, 5.74) is 2.10. The van der Waals surface area contributed by atoms with Gasteiger partial charge in [-0.25, -0.2) is 4.39 Å². The van der Waals surface area contributed by atoms with Crippen molar-refractivity contribution >= 4 is 22.9 Å². The Balaban J connectivity index is 1.84. The van der Waals surface area contributed by atoms with Gasteiger partial charge in [-0.05, 0) is 42.9 Å². The Morgan fingerprint density at radius 2 is 2.20 bits per heavy atom. The predicted octanol–water partition coefficient (Wildman–Crippen LogP) is 4.26. The SMILES string of the molecule is C[C@H]1CCc2c(C(=O)Nc3ccccc3F)csc2C1. The molecule has 2 nitrogen and oxygen atoms in total. The number of thiophene rings is 1. The summed E-state index contributed by atoms with van der Waals surface area (Å²) in [5.74, 6) is 0.0735. The second-order valence-electron chi connectivity index (χ2n) is 5.33. The van der Waals surface area contributed by atoms with Gasteiger partial charge in [-0.2, -0.15) is 0 Å². The van der Waals surface area contributed by atoms with Gasteiger partial charge in [0.05, 0.1) is 11.3 Å². The summed E-state index contributed by atoms with van der Waals surface area (Å²) in [6.45, 7) is 2.24. The molecule has 0 saturated carbocycles. The molecule has 20 heavy (non-hydrogen) atoms. The maximum atomic E-state index is 13.6. The minimum Gasteiger partial charge on any atom is -0.319 e. The van der Waals surface area contributed by atoms with Crippen molar-refractivity contribution in [3.05, 3.63) is 51.5 Å². The number of benzene rings is 1. The third kappa shape index (κ3) is 2.48. The molecule has 0 fully saturated rings. The predicted molar refractivity (Wildman–Crippen MR) is 79.9 cm³/mol. The third-order valence-corrected chi connectivity index (χ3v) is 4.82. The minimum atomic E-state index is -0.404. The first kappa shape index (κ1) is 13.3. The van der Waals surface area contributed by atoms with Crippen LogP contribution in [-0.4, -0.2) is 5.91 Å². The highest BCUT2D eigenvalue weighted by atomic mass is 32.1. The Hall–Kier alpha value is -1.68. The summed E-state index contributed by atoms with van der Waals surface area (Å²) in [4.78, 5) is 13.6. The van der Waals surface area contributed by atoms with E-state index in [1.807, 2.05) is 5.38 Å². The maximum absolute atomic E-state index is 13.6. The van der Waals surface area contributed by atoms with Crippen LogP contribution in [0.15, 0.2) is 29.6 Å². The number of nitrogens with one attached hydrogen (secondary N) is 1. The molecular formula is C16H16FNOS. The summed E-state index contributed by atoms with van der Waals surface area (Å²) in [7, 11) is 0. The number of hydrogen-bond donors (Lipinski definition) is 1. The number of rotatable bonds is 2. The fraction of sp³-hybridized carbons (Fsp3) is 0.312. The Morgan fingerprint density at radius 1 is 1.40 bits per heavy atom. The molecule has 1 aliphatic rings. The van der Waals surface area contributed by atoms with Crippen LogP contribution in [0.5, 0.6) is 0 Å². The smallest absolute Gasteiger partial charge is 0.256 e. The molecule has 0 bridgehead atoms. The number of carbonyl (C=O) groups excluding carboxylic acids is 1. The van der Waals surface area contributed by atoms with Crippen molar-refractivity contribution in [1.29, 1.82) is 0 Å². The van der Waals surface area contributed by atoms with Crippen molar-refractivity contribution in [2.24, 2.45) is 5.92 Å². The van der Waals surface area contributed by atoms with Crippen LogP contribution in [0.2, 0.25) is 0 Å². The first-order chi connectivity index (χ1) is 9.65. The van der Waals surface area contributed by atoms with E-state index in [0.29, 0.717) is 11.5 Å². The Kier molecular flexibility index (Phi) is 3.57. The molecule has 0 unspecified atom stereocenters. The summed E-state index contributed by atoms with van der Waals surface area (Å²) < 4.78 is 13.6. The molecule has 4 heteroatoms. The molecule has 104 valence electrons. The van der Waals surface area contributed by atoms with E-state index in [0.717, 1.165) is 24.8 Å². The molecule has 1 aromatic heterocycles. The van der Waals surface area contributed by atoms with Gasteiger partial charge in [-0.3, -0.25) is 4.79 Å². The molecule has 1 atom stereocenters. The quantitative estimate of drug-likeness (QED) is 0.879. The molecule has 1 aliphatic carbocycles. The number of anilines is 1. The fourth-order valence-corrected chi connectivity index (χ4v) is 3.86. The summed E-state index contributed by atoms with van der Waals surface area (Å²) in [6.07, 6.45) is 3.11. The third-order valence-electron chi connectivity index (χ3n) is 3.77. The first-order valence-corrected chi connectivity index (χ1v) is 7.68. The van der Waals surface area contributed by atoms with E-state index in [-0.39, 0.29) is 11.6 Å². The first-order valence-electron chi connectivity index (χ1n) is 6.80. The van der Waals surface area contributed by atoms with E-state index in [4.69, 9.17) is 0 Å². The normalized spacial score (nSPS) is 17.6. The van der Waals surface area contributed by atoms with Crippen molar-refractivity contribution in [3.63, 3.8) is 0 Å². The highest BCUT2D eigenvalue weighted by molar-refractivity contribution is 7.10. The number of hydrogen-bond acceptors (Lipinski definition) is 2. The highest BCUT2D eigenvalue weighted by Gasteiger charge is 2.23. The van der Waals surface area contributed by atoms with Gasteiger partial charge in [0.1, 0.15) is 5.82 Å². The van der Waals surface area contributed by atoms with E-state index in [1.54, 1.807) is 29.5 Å². The lowest BCUT2D eigenvalue weighted by atomic mass is 9.88. The molecule has 1 N–H and O–H groups in total. The topological polar surface area (TPSA) is 29.1 Å². The van der Waals surface area contributed by atoms with Gasteiger partial charge in [-0.1, -0.05) is 19.1 Å². The zero-order valence-corrected chi connectivity index (χ0v) is 12.1. The second kappa shape index (κ2) is 5.37. The van der Waals surface area contributed by atoms with Crippen LogP contribution < -0.4 is 5.32 Å². The Morgan fingerprint density at radius 3 is 3.00 bits per heavy atom. The Bertz CT molecular complexity index is 650. The van der Waals surface area contributed by atoms with E-state index < -0.39 is 5.82 Å². The van der Waals surface area contributed by atoms with E-state index in [9.17, 15) is 9.18 Å². The molecule has 0 spiro atoms. The second-order valence-corrected chi connectivity index (χ2v) is 6.30. The van der Waals surface area contributed by atoms with Crippen LogP contribution in [0.25, 0.3) is 0 Å². The molecular weight excluding hydrogens is 273 g/mol. The van der Waals surface area contributed by atoms with Crippen LogP contribution in [0, 0.1) is 11.7 Å². The van der Waals surface area contributed by atoms with Crippen molar-refractivity contribution in [2.75, 3.05) is 5.32 Å². The number of amides is 1. The van der Waals surface area contributed by atoms with Gasteiger partial charge >= 0.3 is 0 Å². The average molecular weight is 289 g/mol. The molecule has 1 heterocycles. The van der Waals surface area contributed by atoms with Gasteiger partial charge in [0.2, 0.25) is 0 Å². The number of halogens is 1. The molecule has 0 radical (unpaired) electrons. The van der Waals surface area contributed by atoms with Crippen LogP contribution >= 0.6 is 11.3 Å². The van der Waals surface area contributed by atoms with E-state index in [1.165, 1.54) is 10.9 Å². The molecule has 0 saturated heterocycles. The molecule has 0 aliphatic heterocycles. The van der Waals surface area contributed by atoms with Crippen molar-refractivity contribution in [2.45, 2.75) is 26.2 Å². The number of para-hydroxylation sites is 1. The highest BCUT2D eigenvalue weighted by Crippen LogP contribution is 2.33. The van der Waals surface area contributed by atoms with Crippen molar-refractivity contribution in [1.82, 2.24) is 0 Å². The zero-order chi connectivity index (χ0) is 14.1. The van der Waals surface area contributed by atoms with E-state index >= 15 is 0 Å². The van der Waals surface area contributed by atoms with Gasteiger partial charge in [0, 0.05) is 10.3 Å². The molecule has 3 rings (SSSR count). The fourth-order valence-electron chi connectivity index (χ4n) is 2.62. The average Bonchev–Trinajstić information content (AvgIpc) is 2.84. The lowest BCUT2D eigenvalue weighted by molar-refractivity contribution is 0.102. The molecule has 2 aromatic rings. The zero-order valence-electron chi connectivity index (χ0n) is 11.3. The van der Waals surface area contributed by atoms with Crippen LogP contribution in [0.1, 0.15) is 34.1 Å². The summed E-state index contributed by atoms with van der Waals surface area (Å²) in [6, 6.07) is 6.25. The van der Waals surface area contributed by atoms with E-state index in [2.05, 4.69) is 12.2 Å². The van der Waals surface area contributed by atoms with Crippen LogP contribution in [-0.2, 0) is 12.8 Å². The molecule has 1 aromatic carbocycles. The number of carbonyl (C=O) groups is 1. The van der Waals surface area contributed by atoms with Crippen LogP contribution in [0.4, 0.5) is 10.1 Å². The van der Waals surface area contributed by atoms with Gasteiger partial charge in [0.25, 0.3) is 5.91 Å².